The Hall–Kier alpha value is -1.69. The lowest BCUT2D eigenvalue weighted by molar-refractivity contribution is -0.146. The van der Waals surface area contributed by atoms with Crippen LogP contribution in [0.4, 0.5) is 4.79 Å². The quantitative estimate of drug-likeness (QED) is 0.629. The van der Waals surface area contributed by atoms with E-state index in [9.17, 15) is 18.0 Å². The minimum Gasteiger partial charge on any atom is -0.467 e. The smallest absolute Gasteiger partial charge is 0.418 e. The first-order chi connectivity index (χ1) is 10.8. The molecular weight excluding hydrogens is 348 g/mol. The average molecular weight is 362 g/mol. The fraction of sp³-hybridized carbons (Fsp3) is 0.500. The second-order valence-corrected chi connectivity index (χ2v) is 7.26. The van der Waals surface area contributed by atoms with Crippen LogP contribution in [0.1, 0.15) is 34.3 Å². The molecule has 1 fully saturated rings. The van der Waals surface area contributed by atoms with Gasteiger partial charge in [-0.3, -0.25) is 4.55 Å². The molecule has 0 saturated carbocycles. The molecule has 2 atom stereocenters. The van der Waals surface area contributed by atoms with Gasteiger partial charge in [-0.2, -0.15) is 13.5 Å². The fourth-order valence-corrected chi connectivity index (χ4v) is 4.47. The molecule has 2 aliphatic heterocycles. The van der Waals surface area contributed by atoms with Crippen molar-refractivity contribution < 1.29 is 31.6 Å². The van der Waals surface area contributed by atoms with Crippen LogP contribution < -0.4 is 0 Å². The first kappa shape index (κ1) is 16.2. The van der Waals surface area contributed by atoms with Gasteiger partial charge in [0.05, 0.1) is 13.7 Å². The lowest BCUT2D eigenvalue weighted by Crippen LogP contribution is -2.38. The Morgan fingerprint density at radius 1 is 1.52 bits per heavy atom. The van der Waals surface area contributed by atoms with Gasteiger partial charge in [0.25, 0.3) is 0 Å². The molecule has 2 unspecified atom stereocenters. The largest absolute Gasteiger partial charge is 0.467 e. The summed E-state index contributed by atoms with van der Waals surface area (Å²) in [6, 6.07) is -0.655. The summed E-state index contributed by atoms with van der Waals surface area (Å²) in [6.07, 6.45) is 0.728. The normalized spacial score (nSPS) is 23.2. The van der Waals surface area contributed by atoms with Crippen molar-refractivity contribution in [3.8, 4) is 0 Å². The van der Waals surface area contributed by atoms with Crippen molar-refractivity contribution in [1.82, 2.24) is 9.96 Å². The predicted molar refractivity (Wildman–Crippen MR) is 77.8 cm³/mol. The summed E-state index contributed by atoms with van der Waals surface area (Å²) < 4.78 is 40.1. The number of amides is 2. The van der Waals surface area contributed by atoms with E-state index in [0.29, 0.717) is 15.5 Å². The topological polar surface area (TPSA) is 113 Å². The van der Waals surface area contributed by atoms with Crippen LogP contribution in [-0.4, -0.2) is 48.6 Å². The van der Waals surface area contributed by atoms with E-state index < -0.39 is 34.5 Å². The van der Waals surface area contributed by atoms with Gasteiger partial charge in [-0.05, 0) is 18.1 Å². The average Bonchev–Trinajstić information content (AvgIpc) is 3.02. The molecule has 0 spiro atoms. The van der Waals surface area contributed by atoms with Crippen LogP contribution in [0.15, 0.2) is 6.07 Å². The Balaban J connectivity index is 2.10. The summed E-state index contributed by atoms with van der Waals surface area (Å²) in [5.74, 6) is -0.615. The van der Waals surface area contributed by atoms with E-state index in [1.54, 1.807) is 0 Å². The highest BCUT2D eigenvalue weighted by Gasteiger charge is 2.53. The number of hydrogen-bond acceptors (Lipinski definition) is 7. The highest BCUT2D eigenvalue weighted by atomic mass is 32.3. The summed E-state index contributed by atoms with van der Waals surface area (Å²) >= 11 is 1.37. The number of urea groups is 1. The Labute approximate surface area is 136 Å². The van der Waals surface area contributed by atoms with Crippen molar-refractivity contribution in [2.45, 2.75) is 25.4 Å². The Morgan fingerprint density at radius 2 is 2.22 bits per heavy atom. The third kappa shape index (κ3) is 2.59. The molecule has 2 amide bonds. The van der Waals surface area contributed by atoms with Crippen LogP contribution in [0.3, 0.4) is 0 Å². The maximum absolute atomic E-state index is 12.4. The number of thiophene rings is 1. The number of carbonyl (C=O) groups excluding carboxylic acids is 2. The molecule has 2 aliphatic rings. The maximum Gasteiger partial charge on any atom is 0.418 e. The lowest BCUT2D eigenvalue weighted by Gasteiger charge is -2.28. The molecule has 1 N–H and O–H groups in total. The van der Waals surface area contributed by atoms with Crippen LogP contribution in [0.2, 0.25) is 0 Å². The molecule has 1 saturated heterocycles. The SMILES string of the molecule is CCc1cc2c(s1)C(C(=O)OC)N1CC2N(OS(=O)(=O)O)C1=O. The summed E-state index contributed by atoms with van der Waals surface area (Å²) in [5.41, 5.74) is 0.632. The molecule has 2 bridgehead atoms. The molecule has 0 aromatic carbocycles. The number of methoxy groups -OCH3 is 1. The number of hydrogen-bond donors (Lipinski definition) is 1. The van der Waals surface area contributed by atoms with Crippen LogP contribution >= 0.6 is 11.3 Å². The van der Waals surface area contributed by atoms with Gasteiger partial charge in [0.2, 0.25) is 0 Å². The molecule has 0 radical (unpaired) electrons. The molecular formula is C12H14N2O7S2. The second kappa shape index (κ2) is 5.44. The number of fused-ring (bicyclic) bond motifs is 4. The van der Waals surface area contributed by atoms with E-state index >= 15 is 0 Å². The number of ether oxygens (including phenoxy) is 1. The molecule has 0 aliphatic carbocycles. The first-order valence-corrected chi connectivity index (χ1v) is 8.92. The van der Waals surface area contributed by atoms with Gasteiger partial charge >= 0.3 is 22.4 Å². The number of esters is 1. The molecule has 1 aromatic rings. The molecule has 3 heterocycles. The Kier molecular flexibility index (Phi) is 3.83. The van der Waals surface area contributed by atoms with Gasteiger partial charge in [0.15, 0.2) is 6.04 Å². The molecule has 126 valence electrons. The van der Waals surface area contributed by atoms with E-state index in [1.807, 2.05) is 13.0 Å². The van der Waals surface area contributed by atoms with Crippen LogP contribution in [-0.2, 0) is 30.6 Å². The number of carbonyl (C=O) groups is 2. The number of nitrogens with zero attached hydrogens (tertiary/aromatic N) is 2. The van der Waals surface area contributed by atoms with Gasteiger partial charge < -0.3 is 9.64 Å². The van der Waals surface area contributed by atoms with E-state index in [2.05, 4.69) is 4.28 Å². The zero-order valence-corrected chi connectivity index (χ0v) is 13.9. The summed E-state index contributed by atoms with van der Waals surface area (Å²) in [6.45, 7) is 2.02. The molecule has 3 rings (SSSR count). The van der Waals surface area contributed by atoms with Crippen molar-refractivity contribution >= 4 is 33.7 Å². The van der Waals surface area contributed by atoms with Crippen molar-refractivity contribution in [3.63, 3.8) is 0 Å². The van der Waals surface area contributed by atoms with Crippen molar-refractivity contribution in [2.75, 3.05) is 13.7 Å². The lowest BCUT2D eigenvalue weighted by atomic mass is 9.99. The Morgan fingerprint density at radius 3 is 2.78 bits per heavy atom. The van der Waals surface area contributed by atoms with Gasteiger partial charge in [-0.25, -0.2) is 9.59 Å². The van der Waals surface area contributed by atoms with E-state index in [-0.39, 0.29) is 6.54 Å². The highest BCUT2D eigenvalue weighted by Crippen LogP contribution is 2.48. The second-order valence-electron chi connectivity index (χ2n) is 5.09. The number of rotatable bonds is 4. The predicted octanol–water partition coefficient (Wildman–Crippen LogP) is 1.05. The summed E-state index contributed by atoms with van der Waals surface area (Å²) in [7, 11) is -3.64. The fourth-order valence-electron chi connectivity index (χ4n) is 2.83. The highest BCUT2D eigenvalue weighted by molar-refractivity contribution is 7.80. The van der Waals surface area contributed by atoms with Crippen LogP contribution in [0, 0.1) is 0 Å². The van der Waals surface area contributed by atoms with Crippen molar-refractivity contribution in [3.05, 3.63) is 21.4 Å². The van der Waals surface area contributed by atoms with E-state index in [0.717, 1.165) is 11.3 Å². The van der Waals surface area contributed by atoms with Crippen LogP contribution in [0.5, 0.6) is 0 Å². The molecule has 9 nitrogen and oxygen atoms in total. The molecule has 23 heavy (non-hydrogen) atoms. The molecule has 1 aromatic heterocycles. The summed E-state index contributed by atoms with van der Waals surface area (Å²) in [4.78, 5) is 27.3. The van der Waals surface area contributed by atoms with Crippen LogP contribution in [0.25, 0.3) is 0 Å². The standard InChI is InChI=1S/C12H14N2O7S2/c1-3-6-4-7-8-5-13(9(10(7)22-6)11(15)20-2)12(16)14(8)21-23(17,18)19/h4,8-9H,3,5H2,1-2H3,(H,17,18,19). The molecule has 11 heteroatoms. The van der Waals surface area contributed by atoms with Crippen molar-refractivity contribution in [2.24, 2.45) is 0 Å². The Bertz CT molecular complexity index is 772. The zero-order valence-electron chi connectivity index (χ0n) is 12.3. The zero-order chi connectivity index (χ0) is 16.9. The third-order valence-corrected chi connectivity index (χ3v) is 5.49. The number of aryl methyl sites for hydroxylation is 1. The van der Waals surface area contributed by atoms with E-state index in [4.69, 9.17) is 9.29 Å². The minimum atomic E-state index is -4.86. The van der Waals surface area contributed by atoms with Gasteiger partial charge in [0.1, 0.15) is 6.04 Å². The van der Waals surface area contributed by atoms with Gasteiger partial charge in [-0.15, -0.1) is 15.6 Å². The monoisotopic (exact) mass is 362 g/mol. The number of hydroxylamine groups is 2. The summed E-state index contributed by atoms with van der Waals surface area (Å²) in [5, 5.41) is 0.587. The maximum atomic E-state index is 12.4. The van der Waals surface area contributed by atoms with Crippen molar-refractivity contribution in [1.29, 1.82) is 0 Å². The van der Waals surface area contributed by atoms with Gasteiger partial charge in [-0.1, -0.05) is 6.92 Å². The van der Waals surface area contributed by atoms with E-state index in [1.165, 1.54) is 23.3 Å². The third-order valence-electron chi connectivity index (χ3n) is 3.80. The van der Waals surface area contributed by atoms with Gasteiger partial charge in [0, 0.05) is 9.75 Å². The minimum absolute atomic E-state index is 0.0704. The first-order valence-electron chi connectivity index (χ1n) is 6.74.